The molecule has 1 N–H and O–H groups in total. The summed E-state index contributed by atoms with van der Waals surface area (Å²) in [7, 11) is 1.83. The largest absolute Gasteiger partial charge is 0.481 e. The molecule has 1 unspecified atom stereocenters. The van der Waals surface area contributed by atoms with E-state index >= 15 is 0 Å². The highest BCUT2D eigenvalue weighted by atomic mass is 79.9. The molecule has 100 valence electrons. The molecule has 0 aliphatic rings. The Hall–Kier alpha value is -1.62. The van der Waals surface area contributed by atoms with E-state index in [1.54, 1.807) is 10.9 Å². The second kappa shape index (κ2) is 6.02. The van der Waals surface area contributed by atoms with Crippen molar-refractivity contribution >= 4 is 21.9 Å². The predicted molar refractivity (Wildman–Crippen MR) is 75.9 cm³/mol. The third kappa shape index (κ3) is 3.67. The monoisotopic (exact) mass is 322 g/mol. The number of carbonyl (C=O) groups is 1. The number of carboxylic acids is 1. The first-order valence-electron chi connectivity index (χ1n) is 6.00. The number of hydrogen-bond donors (Lipinski definition) is 1. The molecule has 0 saturated carbocycles. The van der Waals surface area contributed by atoms with Gasteiger partial charge >= 0.3 is 5.97 Å². The molecule has 2 rings (SSSR count). The van der Waals surface area contributed by atoms with Gasteiger partial charge in [0.2, 0.25) is 0 Å². The van der Waals surface area contributed by atoms with Crippen LogP contribution in [-0.4, -0.2) is 20.9 Å². The summed E-state index contributed by atoms with van der Waals surface area (Å²) in [4.78, 5) is 11.4. The molecule has 0 aliphatic carbocycles. The molecule has 4 nitrogen and oxygen atoms in total. The van der Waals surface area contributed by atoms with Crippen molar-refractivity contribution in [2.45, 2.75) is 12.8 Å². The number of carboxylic acid groups (broad SMARTS) is 1. The summed E-state index contributed by atoms with van der Waals surface area (Å²) in [5.41, 5.74) is 1.96. The predicted octanol–water partition coefficient (Wildman–Crippen LogP) is 2.67. The summed E-state index contributed by atoms with van der Waals surface area (Å²) < 4.78 is 2.64. The highest BCUT2D eigenvalue weighted by Crippen LogP contribution is 2.21. The lowest BCUT2D eigenvalue weighted by Gasteiger charge is -2.12. The van der Waals surface area contributed by atoms with E-state index in [9.17, 15) is 9.90 Å². The minimum atomic E-state index is -0.778. The zero-order valence-electron chi connectivity index (χ0n) is 10.6. The Morgan fingerprint density at radius 2 is 2.16 bits per heavy atom. The van der Waals surface area contributed by atoms with Crippen LogP contribution in [0.5, 0.6) is 0 Å². The standard InChI is InChI=1S/C14H15BrN2O2/c1-17-9-10(8-16-17)6-12(14(18)19)7-11-4-2-3-5-13(11)15/h2-5,8-9,12H,6-7H2,1H3,(H,18,19). The van der Waals surface area contributed by atoms with Gasteiger partial charge in [-0.25, -0.2) is 0 Å². The van der Waals surface area contributed by atoms with Gasteiger partial charge in [-0.15, -0.1) is 0 Å². The van der Waals surface area contributed by atoms with Gasteiger partial charge in [0.15, 0.2) is 0 Å². The number of benzene rings is 1. The number of hydrogen-bond acceptors (Lipinski definition) is 2. The fourth-order valence-corrected chi connectivity index (χ4v) is 2.48. The lowest BCUT2D eigenvalue weighted by Crippen LogP contribution is -2.19. The van der Waals surface area contributed by atoms with E-state index in [2.05, 4.69) is 21.0 Å². The third-order valence-electron chi connectivity index (χ3n) is 3.01. The number of aryl methyl sites for hydroxylation is 1. The first-order valence-corrected chi connectivity index (χ1v) is 6.79. The lowest BCUT2D eigenvalue weighted by atomic mass is 9.94. The van der Waals surface area contributed by atoms with Crippen molar-refractivity contribution in [2.24, 2.45) is 13.0 Å². The number of halogens is 1. The van der Waals surface area contributed by atoms with Gasteiger partial charge < -0.3 is 5.11 Å². The average molecular weight is 323 g/mol. The van der Waals surface area contributed by atoms with Crippen LogP contribution in [0.4, 0.5) is 0 Å². The van der Waals surface area contributed by atoms with Crippen LogP contribution in [-0.2, 0) is 24.7 Å². The van der Waals surface area contributed by atoms with Crippen molar-refractivity contribution in [2.75, 3.05) is 0 Å². The molecule has 1 aromatic carbocycles. The SMILES string of the molecule is Cn1cc(CC(Cc2ccccc2Br)C(=O)O)cn1. The fraction of sp³-hybridized carbons (Fsp3) is 0.286. The van der Waals surface area contributed by atoms with Crippen molar-refractivity contribution in [1.29, 1.82) is 0 Å². The first-order chi connectivity index (χ1) is 9.06. The Labute approximate surface area is 120 Å². The van der Waals surface area contributed by atoms with Crippen LogP contribution in [0.3, 0.4) is 0 Å². The average Bonchev–Trinajstić information content (AvgIpc) is 2.76. The molecule has 0 radical (unpaired) electrons. The molecular formula is C14H15BrN2O2. The van der Waals surface area contributed by atoms with Crippen molar-refractivity contribution in [3.8, 4) is 0 Å². The summed E-state index contributed by atoms with van der Waals surface area (Å²) in [6, 6.07) is 7.72. The Balaban J connectivity index is 2.13. The smallest absolute Gasteiger partial charge is 0.307 e. The van der Waals surface area contributed by atoms with E-state index in [4.69, 9.17) is 0 Å². The maximum absolute atomic E-state index is 11.4. The Bertz CT molecular complexity index is 580. The highest BCUT2D eigenvalue weighted by Gasteiger charge is 2.20. The molecular weight excluding hydrogens is 308 g/mol. The van der Waals surface area contributed by atoms with Crippen molar-refractivity contribution in [3.63, 3.8) is 0 Å². The third-order valence-corrected chi connectivity index (χ3v) is 3.79. The molecule has 0 spiro atoms. The minimum absolute atomic E-state index is 0.442. The molecule has 1 atom stereocenters. The molecule has 1 aromatic heterocycles. The summed E-state index contributed by atoms with van der Waals surface area (Å²) in [5.74, 6) is -1.22. The highest BCUT2D eigenvalue weighted by molar-refractivity contribution is 9.10. The second-order valence-corrected chi connectivity index (χ2v) is 5.41. The quantitative estimate of drug-likeness (QED) is 0.920. The zero-order valence-corrected chi connectivity index (χ0v) is 12.2. The van der Waals surface area contributed by atoms with Crippen LogP contribution >= 0.6 is 15.9 Å². The molecule has 19 heavy (non-hydrogen) atoms. The number of aliphatic carboxylic acids is 1. The van der Waals surface area contributed by atoms with E-state index in [1.165, 1.54) is 0 Å². The van der Waals surface area contributed by atoms with E-state index in [0.29, 0.717) is 12.8 Å². The topological polar surface area (TPSA) is 55.1 Å². The number of aromatic nitrogens is 2. The van der Waals surface area contributed by atoms with Crippen LogP contribution in [0.1, 0.15) is 11.1 Å². The maximum Gasteiger partial charge on any atom is 0.307 e. The lowest BCUT2D eigenvalue weighted by molar-refractivity contribution is -0.141. The van der Waals surface area contributed by atoms with Crippen LogP contribution in [0, 0.1) is 5.92 Å². The zero-order chi connectivity index (χ0) is 13.8. The van der Waals surface area contributed by atoms with E-state index in [-0.39, 0.29) is 0 Å². The van der Waals surface area contributed by atoms with Gasteiger partial charge in [0.25, 0.3) is 0 Å². The normalized spacial score (nSPS) is 12.3. The van der Waals surface area contributed by atoms with Crippen molar-refractivity contribution < 1.29 is 9.90 Å². The van der Waals surface area contributed by atoms with Crippen LogP contribution in [0.15, 0.2) is 41.1 Å². The van der Waals surface area contributed by atoms with Crippen LogP contribution < -0.4 is 0 Å². The Morgan fingerprint density at radius 1 is 1.42 bits per heavy atom. The molecule has 0 fully saturated rings. The van der Waals surface area contributed by atoms with Gasteiger partial charge in [-0.1, -0.05) is 34.1 Å². The number of rotatable bonds is 5. The van der Waals surface area contributed by atoms with Crippen LogP contribution in [0.2, 0.25) is 0 Å². The summed E-state index contributed by atoms with van der Waals surface area (Å²) in [6.07, 6.45) is 4.57. The van der Waals surface area contributed by atoms with Gasteiger partial charge in [-0.2, -0.15) is 5.10 Å². The van der Waals surface area contributed by atoms with Gasteiger partial charge in [-0.3, -0.25) is 9.48 Å². The summed E-state index contributed by atoms with van der Waals surface area (Å²) in [5, 5.41) is 13.4. The van der Waals surface area contributed by atoms with Gasteiger partial charge in [0.1, 0.15) is 0 Å². The molecule has 0 aliphatic heterocycles. The van der Waals surface area contributed by atoms with Gasteiger partial charge in [0, 0.05) is 17.7 Å². The molecule has 1 heterocycles. The summed E-state index contributed by atoms with van der Waals surface area (Å²) in [6.45, 7) is 0. The van der Waals surface area contributed by atoms with E-state index in [1.807, 2.05) is 37.5 Å². The molecule has 0 bridgehead atoms. The van der Waals surface area contributed by atoms with Gasteiger partial charge in [0.05, 0.1) is 12.1 Å². The van der Waals surface area contributed by atoms with E-state index in [0.717, 1.165) is 15.6 Å². The molecule has 0 saturated heterocycles. The second-order valence-electron chi connectivity index (χ2n) is 4.56. The van der Waals surface area contributed by atoms with Crippen molar-refractivity contribution in [1.82, 2.24) is 9.78 Å². The maximum atomic E-state index is 11.4. The van der Waals surface area contributed by atoms with Crippen LogP contribution in [0.25, 0.3) is 0 Å². The number of nitrogens with zero attached hydrogens (tertiary/aromatic N) is 2. The Morgan fingerprint density at radius 3 is 2.74 bits per heavy atom. The van der Waals surface area contributed by atoms with Crippen molar-refractivity contribution in [3.05, 3.63) is 52.3 Å². The minimum Gasteiger partial charge on any atom is -0.481 e. The molecule has 0 amide bonds. The fourth-order valence-electron chi connectivity index (χ4n) is 2.04. The summed E-state index contributed by atoms with van der Waals surface area (Å²) >= 11 is 3.45. The first kappa shape index (κ1) is 13.8. The molecule has 5 heteroatoms. The molecule has 2 aromatic rings. The van der Waals surface area contributed by atoms with Gasteiger partial charge in [-0.05, 0) is 30.0 Å². The Kier molecular flexibility index (Phi) is 4.37. The van der Waals surface area contributed by atoms with E-state index < -0.39 is 11.9 Å².